The van der Waals surface area contributed by atoms with Gasteiger partial charge in [-0.3, -0.25) is 0 Å². The van der Waals surface area contributed by atoms with Crippen molar-refractivity contribution in [3.63, 3.8) is 0 Å². The summed E-state index contributed by atoms with van der Waals surface area (Å²) in [5, 5.41) is 0. The van der Waals surface area contributed by atoms with Crippen molar-refractivity contribution in [1.29, 1.82) is 0 Å². The molecule has 0 unspecified atom stereocenters. The number of aromatic nitrogens is 4. The highest BCUT2D eigenvalue weighted by atomic mass is 19.4. The number of benzene rings is 1. The van der Waals surface area contributed by atoms with Gasteiger partial charge in [-0.05, 0) is 12.1 Å². The van der Waals surface area contributed by atoms with Crippen LogP contribution >= 0.6 is 0 Å². The molecule has 1 saturated carbocycles. The third kappa shape index (κ3) is 2.75. The third-order valence-corrected chi connectivity index (χ3v) is 4.27. The summed E-state index contributed by atoms with van der Waals surface area (Å²) in [5.41, 5.74) is 0.730. The molecule has 0 atom stereocenters. The zero-order chi connectivity index (χ0) is 17.6. The average molecular weight is 350 g/mol. The molecule has 0 amide bonds. The Morgan fingerprint density at radius 1 is 1.24 bits per heavy atom. The second kappa shape index (κ2) is 5.61. The molecule has 1 aliphatic carbocycles. The molecule has 0 radical (unpaired) electrons. The quantitative estimate of drug-likeness (QED) is 0.708. The van der Waals surface area contributed by atoms with Crippen LogP contribution in [0.2, 0.25) is 0 Å². The number of hydrogen-bond acceptors (Lipinski definition) is 4. The fraction of sp³-hybridized carbons (Fsp3) is 0.312. The molecule has 2 aromatic heterocycles. The molecule has 2 heterocycles. The molecular formula is C16H13F3N4O2. The highest BCUT2D eigenvalue weighted by molar-refractivity contribution is 5.76. The van der Waals surface area contributed by atoms with Gasteiger partial charge >= 0.3 is 12.3 Å². The van der Waals surface area contributed by atoms with Crippen LogP contribution in [0.4, 0.5) is 18.0 Å². The van der Waals surface area contributed by atoms with Crippen molar-refractivity contribution in [2.75, 3.05) is 0 Å². The number of para-hydroxylation sites is 2. The first-order chi connectivity index (χ1) is 11.9. The highest BCUT2D eigenvalue weighted by Gasteiger charge is 2.43. The SMILES string of the molecule is O=C(OC1CC(n2c(C(F)(F)F)nc3ccccc32)C1)n1ccnc1. The minimum Gasteiger partial charge on any atom is -0.445 e. The fourth-order valence-electron chi connectivity index (χ4n) is 3.03. The molecule has 25 heavy (non-hydrogen) atoms. The van der Waals surface area contributed by atoms with Crippen molar-refractivity contribution in [2.45, 2.75) is 31.2 Å². The van der Waals surface area contributed by atoms with Gasteiger partial charge in [0.15, 0.2) is 0 Å². The first-order valence-electron chi connectivity index (χ1n) is 7.66. The van der Waals surface area contributed by atoms with Crippen LogP contribution in [0.1, 0.15) is 24.7 Å². The molecular weight excluding hydrogens is 337 g/mol. The smallest absolute Gasteiger partial charge is 0.445 e. The minimum atomic E-state index is -4.54. The van der Waals surface area contributed by atoms with Gasteiger partial charge in [0.25, 0.3) is 0 Å². The predicted octanol–water partition coefficient (Wildman–Crippen LogP) is 3.64. The first-order valence-corrected chi connectivity index (χ1v) is 7.66. The second-order valence-electron chi connectivity index (χ2n) is 5.89. The van der Waals surface area contributed by atoms with E-state index >= 15 is 0 Å². The Morgan fingerprint density at radius 3 is 2.68 bits per heavy atom. The van der Waals surface area contributed by atoms with Crippen molar-refractivity contribution < 1.29 is 22.7 Å². The molecule has 4 rings (SSSR count). The Balaban J connectivity index is 1.55. The second-order valence-corrected chi connectivity index (χ2v) is 5.89. The van der Waals surface area contributed by atoms with Crippen LogP contribution in [0.15, 0.2) is 43.0 Å². The van der Waals surface area contributed by atoms with E-state index in [4.69, 9.17) is 4.74 Å². The summed E-state index contributed by atoms with van der Waals surface area (Å²) in [4.78, 5) is 19.3. The molecule has 3 aromatic rings. The van der Waals surface area contributed by atoms with Crippen molar-refractivity contribution >= 4 is 17.1 Å². The van der Waals surface area contributed by atoms with E-state index in [-0.39, 0.29) is 0 Å². The van der Waals surface area contributed by atoms with Crippen LogP contribution in [0, 0.1) is 0 Å². The highest BCUT2D eigenvalue weighted by Crippen LogP contribution is 2.41. The lowest BCUT2D eigenvalue weighted by Crippen LogP contribution is -2.37. The number of rotatable bonds is 2. The van der Waals surface area contributed by atoms with Gasteiger partial charge in [0.2, 0.25) is 5.82 Å². The van der Waals surface area contributed by atoms with Crippen LogP contribution < -0.4 is 0 Å². The molecule has 1 fully saturated rings. The molecule has 0 bridgehead atoms. The Morgan fingerprint density at radius 2 is 2.00 bits per heavy atom. The number of ether oxygens (including phenoxy) is 1. The maximum Gasteiger partial charge on any atom is 0.449 e. The molecule has 1 aromatic carbocycles. The van der Waals surface area contributed by atoms with Crippen LogP contribution in [0.5, 0.6) is 0 Å². The Kier molecular flexibility index (Phi) is 3.52. The number of fused-ring (bicyclic) bond motifs is 1. The van der Waals surface area contributed by atoms with Crippen LogP contribution in [0.25, 0.3) is 11.0 Å². The van der Waals surface area contributed by atoms with E-state index in [0.29, 0.717) is 23.9 Å². The monoisotopic (exact) mass is 350 g/mol. The Bertz CT molecular complexity index is 911. The Labute approximate surface area is 139 Å². The van der Waals surface area contributed by atoms with Crippen LogP contribution in [0.3, 0.4) is 0 Å². The summed E-state index contributed by atoms with van der Waals surface area (Å²) in [5.74, 6) is -0.918. The topological polar surface area (TPSA) is 61.9 Å². The summed E-state index contributed by atoms with van der Waals surface area (Å²) in [6.07, 6.45) is -0.744. The molecule has 0 N–H and O–H groups in total. The lowest BCUT2D eigenvalue weighted by Gasteiger charge is -2.36. The third-order valence-electron chi connectivity index (χ3n) is 4.27. The summed E-state index contributed by atoms with van der Waals surface area (Å²) in [6, 6.07) is 6.08. The largest absolute Gasteiger partial charge is 0.449 e. The van der Waals surface area contributed by atoms with Gasteiger partial charge in [-0.2, -0.15) is 13.2 Å². The summed E-state index contributed by atoms with van der Waals surface area (Å²) < 4.78 is 47.6. The van der Waals surface area contributed by atoms with Crippen molar-refractivity contribution in [1.82, 2.24) is 19.1 Å². The van der Waals surface area contributed by atoms with E-state index in [1.807, 2.05) is 0 Å². The number of carbonyl (C=O) groups excluding carboxylic acids is 1. The molecule has 9 heteroatoms. The van der Waals surface area contributed by atoms with Gasteiger partial charge in [-0.15, -0.1) is 0 Å². The minimum absolute atomic E-state index is 0.300. The van der Waals surface area contributed by atoms with Crippen molar-refractivity contribution in [2.24, 2.45) is 0 Å². The van der Waals surface area contributed by atoms with E-state index in [9.17, 15) is 18.0 Å². The molecule has 130 valence electrons. The molecule has 6 nitrogen and oxygen atoms in total. The van der Waals surface area contributed by atoms with Gasteiger partial charge in [0.05, 0.1) is 11.0 Å². The van der Waals surface area contributed by atoms with Gasteiger partial charge < -0.3 is 9.30 Å². The zero-order valence-corrected chi connectivity index (χ0v) is 12.8. The van der Waals surface area contributed by atoms with Gasteiger partial charge in [-0.1, -0.05) is 12.1 Å². The van der Waals surface area contributed by atoms with Crippen LogP contribution in [-0.4, -0.2) is 31.3 Å². The van der Waals surface area contributed by atoms with Crippen molar-refractivity contribution in [3.8, 4) is 0 Å². The van der Waals surface area contributed by atoms with E-state index < -0.39 is 30.2 Å². The van der Waals surface area contributed by atoms with E-state index in [0.717, 1.165) is 0 Å². The number of halogens is 3. The predicted molar refractivity (Wildman–Crippen MR) is 80.9 cm³/mol. The Hall–Kier alpha value is -2.84. The van der Waals surface area contributed by atoms with Gasteiger partial charge in [0.1, 0.15) is 12.4 Å². The van der Waals surface area contributed by atoms with Crippen LogP contribution in [-0.2, 0) is 10.9 Å². The van der Waals surface area contributed by atoms with Gasteiger partial charge in [-0.25, -0.2) is 19.3 Å². The van der Waals surface area contributed by atoms with E-state index in [2.05, 4.69) is 9.97 Å². The summed E-state index contributed by atoms with van der Waals surface area (Å²) in [6.45, 7) is 0. The lowest BCUT2D eigenvalue weighted by molar-refractivity contribution is -0.149. The number of imidazole rings is 2. The normalized spacial score (nSPS) is 20.4. The maximum absolute atomic E-state index is 13.3. The number of alkyl halides is 3. The van der Waals surface area contributed by atoms with Gasteiger partial charge in [0, 0.05) is 31.3 Å². The molecule has 0 spiro atoms. The lowest BCUT2D eigenvalue weighted by atomic mass is 9.88. The van der Waals surface area contributed by atoms with E-state index in [1.165, 1.54) is 27.9 Å². The summed E-state index contributed by atoms with van der Waals surface area (Å²) in [7, 11) is 0. The molecule has 1 aliphatic rings. The number of hydrogen-bond donors (Lipinski definition) is 0. The zero-order valence-electron chi connectivity index (χ0n) is 12.8. The number of carbonyl (C=O) groups is 1. The molecule has 0 saturated heterocycles. The number of nitrogens with zero attached hydrogens (tertiary/aromatic N) is 4. The van der Waals surface area contributed by atoms with Crippen molar-refractivity contribution in [3.05, 3.63) is 48.8 Å². The van der Waals surface area contributed by atoms with E-state index in [1.54, 1.807) is 24.3 Å². The standard InChI is InChI=1S/C16H13F3N4O2/c17-16(18,19)14-21-12-3-1-2-4-13(12)23(14)10-7-11(8-10)25-15(24)22-6-5-20-9-22/h1-6,9-11H,7-8H2. The fourth-order valence-corrected chi connectivity index (χ4v) is 3.03. The maximum atomic E-state index is 13.3. The average Bonchev–Trinajstić information content (AvgIpc) is 3.17. The summed E-state index contributed by atoms with van der Waals surface area (Å²) >= 11 is 0. The first kappa shape index (κ1) is 15.7. The molecule has 0 aliphatic heterocycles.